The van der Waals surface area contributed by atoms with Crippen LogP contribution in [-0.2, 0) is 26.1 Å². The van der Waals surface area contributed by atoms with Gasteiger partial charge in [0.1, 0.15) is 11.6 Å². The predicted octanol–water partition coefficient (Wildman–Crippen LogP) is -2.50. The number of nitrogens with one attached hydrogen (secondary N) is 1. The molecule has 0 bridgehead atoms. The summed E-state index contributed by atoms with van der Waals surface area (Å²) in [6.45, 7) is -0.301. The molecule has 1 aromatic heterocycles. The van der Waals surface area contributed by atoms with Crippen molar-refractivity contribution in [2.24, 2.45) is 0 Å². The van der Waals surface area contributed by atoms with Crippen LogP contribution in [0.4, 0.5) is 18.9 Å². The number of carbonyl (C=O) groups excluding carboxylic acids is 2. The van der Waals surface area contributed by atoms with E-state index < -0.39 is 51.6 Å². The Labute approximate surface area is 200 Å². The molecule has 2 aliphatic rings. The summed E-state index contributed by atoms with van der Waals surface area (Å²) in [5, 5.41) is 2.34. The van der Waals surface area contributed by atoms with Gasteiger partial charge in [0.15, 0.2) is 10.3 Å². The van der Waals surface area contributed by atoms with Crippen molar-refractivity contribution in [3.63, 3.8) is 0 Å². The summed E-state index contributed by atoms with van der Waals surface area (Å²) >= 11 is 0. The molecule has 2 amide bonds. The molecule has 0 unspecified atom stereocenters. The standard InChI is InChI=1S/C17H14F3N3O7S.Na/c18-17(19,20)10-6-14(25)30-12-5-8(1-2-9(10)12)21-7-13(24)22-4-3-11-15(22)16(26)23(11)31(27,28)29;/h1-2,5-6,11,15,21H,3-4,7H2,(H,27,28,29);/q;+1/p-1/t11-,15+;/m1./s1. The number of fused-ring (bicyclic) bond motifs is 2. The maximum atomic E-state index is 13.1. The van der Waals surface area contributed by atoms with Crippen LogP contribution in [-0.4, -0.2) is 59.2 Å². The first-order chi connectivity index (χ1) is 14.4. The molecule has 32 heavy (non-hydrogen) atoms. The van der Waals surface area contributed by atoms with E-state index >= 15 is 0 Å². The molecule has 2 aromatic rings. The molecule has 1 aromatic carbocycles. The Bertz CT molecular complexity index is 1260. The van der Waals surface area contributed by atoms with Gasteiger partial charge in [-0.2, -0.15) is 13.2 Å². The molecule has 2 atom stereocenters. The van der Waals surface area contributed by atoms with Crippen molar-refractivity contribution in [2.45, 2.75) is 24.7 Å². The molecule has 0 spiro atoms. The fourth-order valence-electron chi connectivity index (χ4n) is 3.87. The van der Waals surface area contributed by atoms with E-state index in [0.29, 0.717) is 6.07 Å². The van der Waals surface area contributed by atoms with E-state index in [9.17, 15) is 40.5 Å². The number of carbonyl (C=O) groups is 2. The normalized spacial score (nSPS) is 20.6. The Morgan fingerprint density at radius 3 is 2.56 bits per heavy atom. The van der Waals surface area contributed by atoms with Crippen molar-refractivity contribution >= 4 is 38.8 Å². The second-order valence-corrected chi connectivity index (χ2v) is 8.27. The first kappa shape index (κ1) is 24.5. The van der Waals surface area contributed by atoms with Crippen molar-refractivity contribution in [3.8, 4) is 0 Å². The SMILES string of the molecule is O=C(CNc1ccc2c(C(F)(F)F)cc(=O)oc2c1)N1CC[C@@H]2[C@H]1C(=O)N2S(=O)(=O)[O-].[Na+]. The number of hydrogen-bond acceptors (Lipinski definition) is 8. The maximum absolute atomic E-state index is 13.1. The average Bonchev–Trinajstić information content (AvgIpc) is 3.01. The Kier molecular flexibility index (Phi) is 6.38. The Hall–Kier alpha value is -2.13. The quantitative estimate of drug-likeness (QED) is 0.218. The number of alkyl halides is 3. The molecular formula is C17H13F3N3NaO7S. The summed E-state index contributed by atoms with van der Waals surface area (Å²) < 4.78 is 77.6. The first-order valence-corrected chi connectivity index (χ1v) is 10.2. The van der Waals surface area contributed by atoms with Gasteiger partial charge in [-0.15, -0.1) is 0 Å². The molecule has 166 valence electrons. The number of halogens is 3. The molecule has 0 saturated carbocycles. The van der Waals surface area contributed by atoms with Crippen molar-refractivity contribution in [2.75, 3.05) is 18.4 Å². The smallest absolute Gasteiger partial charge is 0.731 e. The first-order valence-electron chi connectivity index (χ1n) is 8.85. The number of hydrogen-bond donors (Lipinski definition) is 1. The molecule has 2 saturated heterocycles. The van der Waals surface area contributed by atoms with Crippen LogP contribution in [0.3, 0.4) is 0 Å². The van der Waals surface area contributed by atoms with Gasteiger partial charge in [-0.25, -0.2) is 17.5 Å². The number of nitrogens with zero attached hydrogens (tertiary/aromatic N) is 2. The Morgan fingerprint density at radius 2 is 1.94 bits per heavy atom. The van der Waals surface area contributed by atoms with Crippen LogP contribution in [0, 0.1) is 0 Å². The second-order valence-electron chi connectivity index (χ2n) is 7.02. The topological polar surface area (TPSA) is 140 Å². The molecule has 3 heterocycles. The summed E-state index contributed by atoms with van der Waals surface area (Å²) in [6.07, 6.45) is -4.63. The Morgan fingerprint density at radius 1 is 1.25 bits per heavy atom. The van der Waals surface area contributed by atoms with Gasteiger partial charge in [0.2, 0.25) is 5.91 Å². The number of rotatable bonds is 4. The maximum Gasteiger partial charge on any atom is 1.00 e. The number of β-lactam (4-membered cyclic amide) rings is 1. The molecule has 4 rings (SSSR count). The molecule has 10 nitrogen and oxygen atoms in total. The zero-order chi connectivity index (χ0) is 22.7. The minimum atomic E-state index is -4.95. The number of likely N-dealkylation sites (tertiary alicyclic amines) is 1. The summed E-state index contributed by atoms with van der Waals surface area (Å²) in [5.74, 6) is -1.55. The monoisotopic (exact) mass is 483 g/mol. The minimum Gasteiger partial charge on any atom is -0.731 e. The van der Waals surface area contributed by atoms with Crippen LogP contribution < -0.4 is 40.5 Å². The van der Waals surface area contributed by atoms with Gasteiger partial charge in [0.25, 0.3) is 5.91 Å². The van der Waals surface area contributed by atoms with E-state index in [2.05, 4.69) is 5.32 Å². The van der Waals surface area contributed by atoms with Crippen LogP contribution in [0.2, 0.25) is 0 Å². The van der Waals surface area contributed by atoms with Gasteiger partial charge >= 0.3 is 41.4 Å². The molecule has 0 radical (unpaired) electrons. The van der Waals surface area contributed by atoms with Gasteiger partial charge in [-0.05, 0) is 18.6 Å². The zero-order valence-corrected chi connectivity index (χ0v) is 19.2. The molecule has 1 N–H and O–H groups in total. The van der Waals surface area contributed by atoms with E-state index in [1.54, 1.807) is 0 Å². The molecular weight excluding hydrogens is 470 g/mol. The average molecular weight is 483 g/mol. The fraction of sp³-hybridized carbons (Fsp3) is 0.353. The third-order valence-corrected chi connectivity index (χ3v) is 6.12. The van der Waals surface area contributed by atoms with Crippen LogP contribution in [0.15, 0.2) is 33.5 Å². The molecule has 15 heteroatoms. The van der Waals surface area contributed by atoms with Crippen LogP contribution in [0.25, 0.3) is 11.0 Å². The molecule has 0 aliphatic carbocycles. The summed E-state index contributed by atoms with van der Waals surface area (Å²) in [5.41, 5.74) is -2.48. The van der Waals surface area contributed by atoms with Gasteiger partial charge in [0.05, 0.1) is 18.2 Å². The van der Waals surface area contributed by atoms with E-state index in [-0.39, 0.29) is 70.0 Å². The molecule has 2 aliphatic heterocycles. The van der Waals surface area contributed by atoms with Crippen LogP contribution >= 0.6 is 0 Å². The van der Waals surface area contributed by atoms with Crippen molar-refractivity contribution in [1.29, 1.82) is 0 Å². The van der Waals surface area contributed by atoms with E-state index in [1.165, 1.54) is 6.07 Å². The largest absolute Gasteiger partial charge is 1.00 e. The number of benzene rings is 1. The minimum absolute atomic E-state index is 0. The van der Waals surface area contributed by atoms with E-state index in [1.807, 2.05) is 0 Å². The van der Waals surface area contributed by atoms with Gasteiger partial charge in [-0.1, -0.05) is 0 Å². The zero-order valence-electron chi connectivity index (χ0n) is 16.4. The fourth-order valence-corrected chi connectivity index (χ4v) is 4.75. The number of anilines is 1. The van der Waals surface area contributed by atoms with Crippen molar-refractivity contribution in [3.05, 3.63) is 40.2 Å². The predicted molar refractivity (Wildman–Crippen MR) is 96.4 cm³/mol. The van der Waals surface area contributed by atoms with Crippen molar-refractivity contribution < 1.29 is 69.7 Å². The van der Waals surface area contributed by atoms with Crippen LogP contribution in [0.5, 0.6) is 0 Å². The van der Waals surface area contributed by atoms with Gasteiger partial charge in [-0.3, -0.25) is 9.59 Å². The van der Waals surface area contributed by atoms with Crippen molar-refractivity contribution in [1.82, 2.24) is 9.21 Å². The van der Waals surface area contributed by atoms with E-state index in [4.69, 9.17) is 4.42 Å². The van der Waals surface area contributed by atoms with Crippen LogP contribution in [0.1, 0.15) is 12.0 Å². The van der Waals surface area contributed by atoms with Gasteiger partial charge < -0.3 is 19.2 Å². The van der Waals surface area contributed by atoms with E-state index in [0.717, 1.165) is 17.0 Å². The third-order valence-electron chi connectivity index (χ3n) is 5.19. The molecule has 2 fully saturated rings. The Balaban J connectivity index is 0.00000289. The summed E-state index contributed by atoms with van der Waals surface area (Å²) in [7, 11) is -4.95. The second kappa shape index (κ2) is 8.33. The third kappa shape index (κ3) is 4.24. The summed E-state index contributed by atoms with van der Waals surface area (Å²) in [4.78, 5) is 37.0. The summed E-state index contributed by atoms with van der Waals surface area (Å²) in [6, 6.07) is 1.90. The number of amides is 2. The van der Waals surface area contributed by atoms with Gasteiger partial charge in [0, 0.05) is 29.8 Å².